The number of sulfonamides is 1. The van der Waals surface area contributed by atoms with E-state index in [2.05, 4.69) is 10.3 Å². The van der Waals surface area contributed by atoms with Gasteiger partial charge < -0.3 is 5.32 Å². The molecule has 10 heteroatoms. The van der Waals surface area contributed by atoms with Gasteiger partial charge in [-0.25, -0.2) is 13.4 Å². The van der Waals surface area contributed by atoms with Crippen molar-refractivity contribution in [2.24, 2.45) is 5.92 Å². The lowest BCUT2D eigenvalue weighted by Gasteiger charge is -2.31. The number of hydrogen-bond donors (Lipinski definition) is 1. The molecule has 3 aromatic rings. The summed E-state index contributed by atoms with van der Waals surface area (Å²) in [5.74, 6) is -0.324. The minimum absolute atomic E-state index is 0.0768. The lowest BCUT2D eigenvalue weighted by Crippen LogP contribution is -2.43. The molecule has 0 aliphatic carbocycles. The van der Waals surface area contributed by atoms with Crippen molar-refractivity contribution in [1.82, 2.24) is 14.6 Å². The molecule has 2 aromatic carbocycles. The Morgan fingerprint density at radius 2 is 1.77 bits per heavy atom. The topological polar surface area (TPSA) is 79.4 Å². The highest BCUT2D eigenvalue weighted by Crippen LogP contribution is 2.33. The predicted octanol–water partition coefficient (Wildman–Crippen LogP) is 4.32. The summed E-state index contributed by atoms with van der Waals surface area (Å²) in [6.45, 7) is 0.845. The van der Waals surface area contributed by atoms with Crippen LogP contribution in [0.2, 0.25) is 10.0 Å². The molecule has 4 rings (SSSR count). The fourth-order valence-electron chi connectivity index (χ4n) is 3.52. The molecule has 0 unspecified atom stereocenters. The number of rotatable bonds is 5. The van der Waals surface area contributed by atoms with E-state index >= 15 is 0 Å². The van der Waals surface area contributed by atoms with Crippen molar-refractivity contribution < 1.29 is 13.2 Å². The maximum atomic E-state index is 13.0. The van der Waals surface area contributed by atoms with E-state index in [1.54, 1.807) is 17.4 Å². The van der Waals surface area contributed by atoms with Crippen molar-refractivity contribution in [2.75, 3.05) is 13.1 Å². The van der Waals surface area contributed by atoms with Gasteiger partial charge in [0.1, 0.15) is 9.90 Å². The molecular formula is C20H19Cl2N3O3S2. The van der Waals surface area contributed by atoms with Crippen molar-refractivity contribution in [1.29, 1.82) is 0 Å². The number of aromatic nitrogens is 1. The Kier molecular flexibility index (Phi) is 6.31. The average Bonchev–Trinajstić information content (AvgIpc) is 3.15. The molecule has 1 aliphatic rings. The Balaban J connectivity index is 1.36. The molecule has 158 valence electrons. The van der Waals surface area contributed by atoms with Crippen LogP contribution >= 0.6 is 34.5 Å². The normalized spacial score (nSPS) is 16.1. The molecule has 1 fully saturated rings. The van der Waals surface area contributed by atoms with Gasteiger partial charge in [-0.3, -0.25) is 4.79 Å². The summed E-state index contributed by atoms with van der Waals surface area (Å²) in [6, 6.07) is 12.4. The highest BCUT2D eigenvalue weighted by atomic mass is 35.5. The third kappa shape index (κ3) is 4.33. The summed E-state index contributed by atoms with van der Waals surface area (Å²) in [7, 11) is -3.81. The van der Waals surface area contributed by atoms with Gasteiger partial charge in [-0.05, 0) is 37.1 Å². The molecule has 1 saturated heterocycles. The van der Waals surface area contributed by atoms with Gasteiger partial charge in [0, 0.05) is 19.0 Å². The molecule has 1 aromatic heterocycles. The Morgan fingerprint density at radius 1 is 1.10 bits per heavy atom. The van der Waals surface area contributed by atoms with Crippen LogP contribution in [0.15, 0.2) is 47.4 Å². The first kappa shape index (κ1) is 21.5. The van der Waals surface area contributed by atoms with Crippen LogP contribution in [0.25, 0.3) is 10.2 Å². The maximum Gasteiger partial charge on any atom is 0.246 e. The van der Waals surface area contributed by atoms with Crippen molar-refractivity contribution in [2.45, 2.75) is 24.3 Å². The standard InChI is InChI=1S/C20H19Cl2N3O3S2/c21-14-4-3-5-15(22)19(14)30(27,28)25-10-8-13(9-11-25)20(26)23-12-18-24-16-6-1-2-7-17(16)29-18/h1-7,13H,8-12H2,(H,23,26). The molecule has 30 heavy (non-hydrogen) atoms. The predicted molar refractivity (Wildman–Crippen MR) is 119 cm³/mol. The summed E-state index contributed by atoms with van der Waals surface area (Å²) in [5.41, 5.74) is 0.920. The first-order valence-corrected chi connectivity index (χ1v) is 12.4. The fraction of sp³-hybridized carbons (Fsp3) is 0.300. The van der Waals surface area contributed by atoms with Crippen LogP contribution in [-0.4, -0.2) is 36.7 Å². The Hall–Kier alpha value is -1.71. The van der Waals surface area contributed by atoms with E-state index < -0.39 is 10.0 Å². The van der Waals surface area contributed by atoms with Crippen molar-refractivity contribution in [3.63, 3.8) is 0 Å². The maximum absolute atomic E-state index is 13.0. The zero-order valence-electron chi connectivity index (χ0n) is 15.8. The smallest absolute Gasteiger partial charge is 0.246 e. The highest BCUT2D eigenvalue weighted by molar-refractivity contribution is 7.89. The second-order valence-electron chi connectivity index (χ2n) is 7.02. The third-order valence-corrected chi connectivity index (χ3v) is 8.98. The number of fused-ring (bicyclic) bond motifs is 1. The molecule has 1 amide bonds. The van der Waals surface area contributed by atoms with E-state index in [0.717, 1.165) is 15.2 Å². The van der Waals surface area contributed by atoms with E-state index in [4.69, 9.17) is 23.2 Å². The van der Waals surface area contributed by atoms with E-state index in [1.807, 2.05) is 24.3 Å². The molecule has 1 N–H and O–H groups in total. The molecule has 0 saturated carbocycles. The van der Waals surface area contributed by atoms with E-state index in [1.165, 1.54) is 16.4 Å². The first-order valence-electron chi connectivity index (χ1n) is 9.42. The van der Waals surface area contributed by atoms with Gasteiger partial charge in [0.25, 0.3) is 0 Å². The lowest BCUT2D eigenvalue weighted by atomic mass is 9.97. The SMILES string of the molecule is O=C(NCc1nc2ccccc2s1)C1CCN(S(=O)(=O)c2c(Cl)cccc2Cl)CC1. The van der Waals surface area contributed by atoms with Crippen LogP contribution in [0.3, 0.4) is 0 Å². The van der Waals surface area contributed by atoms with Gasteiger partial charge in [0.05, 0.1) is 26.8 Å². The summed E-state index contributed by atoms with van der Waals surface area (Å²) < 4.78 is 28.3. The number of hydrogen-bond acceptors (Lipinski definition) is 5. The number of piperidine rings is 1. The first-order chi connectivity index (χ1) is 14.4. The molecule has 1 aliphatic heterocycles. The van der Waals surface area contributed by atoms with Crippen LogP contribution in [-0.2, 0) is 21.4 Å². The molecule has 2 heterocycles. The van der Waals surface area contributed by atoms with Crippen LogP contribution in [0, 0.1) is 5.92 Å². The molecule has 0 atom stereocenters. The number of amides is 1. The quantitative estimate of drug-likeness (QED) is 0.585. The Labute approximate surface area is 188 Å². The summed E-state index contributed by atoms with van der Waals surface area (Å²) in [4.78, 5) is 17.0. The zero-order valence-corrected chi connectivity index (χ0v) is 19.0. The van der Waals surface area contributed by atoms with Gasteiger partial charge in [-0.2, -0.15) is 4.31 Å². The molecule has 0 bridgehead atoms. The average molecular weight is 484 g/mol. The summed E-state index contributed by atoms with van der Waals surface area (Å²) >= 11 is 13.7. The van der Waals surface area contributed by atoms with Gasteiger partial charge in [-0.1, -0.05) is 41.4 Å². The molecule has 0 spiro atoms. The van der Waals surface area contributed by atoms with Crippen molar-refractivity contribution in [3.05, 3.63) is 57.5 Å². The minimum atomic E-state index is -3.81. The summed E-state index contributed by atoms with van der Waals surface area (Å²) in [5, 5.41) is 3.97. The largest absolute Gasteiger partial charge is 0.349 e. The monoisotopic (exact) mass is 483 g/mol. The lowest BCUT2D eigenvalue weighted by molar-refractivity contribution is -0.126. The number of para-hydroxylation sites is 1. The van der Waals surface area contributed by atoms with Gasteiger partial charge >= 0.3 is 0 Å². The van der Waals surface area contributed by atoms with Crippen LogP contribution < -0.4 is 5.32 Å². The highest BCUT2D eigenvalue weighted by Gasteiger charge is 2.34. The van der Waals surface area contributed by atoms with Crippen molar-refractivity contribution >= 4 is 60.7 Å². The minimum Gasteiger partial charge on any atom is -0.349 e. The van der Waals surface area contributed by atoms with Crippen LogP contribution in [0.4, 0.5) is 0 Å². The van der Waals surface area contributed by atoms with Crippen molar-refractivity contribution in [3.8, 4) is 0 Å². The number of nitrogens with zero attached hydrogens (tertiary/aromatic N) is 2. The second-order valence-corrected chi connectivity index (χ2v) is 10.8. The zero-order chi connectivity index (χ0) is 21.3. The number of carbonyl (C=O) groups excluding carboxylic acids is 1. The molecule has 0 radical (unpaired) electrons. The van der Waals surface area contributed by atoms with Crippen LogP contribution in [0.5, 0.6) is 0 Å². The van der Waals surface area contributed by atoms with Crippen LogP contribution in [0.1, 0.15) is 17.8 Å². The van der Waals surface area contributed by atoms with E-state index in [0.29, 0.717) is 19.4 Å². The Morgan fingerprint density at radius 3 is 2.43 bits per heavy atom. The number of halogens is 2. The number of benzene rings is 2. The fourth-order valence-corrected chi connectivity index (χ4v) is 6.99. The van der Waals surface area contributed by atoms with E-state index in [9.17, 15) is 13.2 Å². The Bertz CT molecular complexity index is 1140. The molecule has 6 nitrogen and oxygen atoms in total. The van der Waals surface area contributed by atoms with E-state index in [-0.39, 0.29) is 39.9 Å². The van der Waals surface area contributed by atoms with Gasteiger partial charge in [0.15, 0.2) is 0 Å². The summed E-state index contributed by atoms with van der Waals surface area (Å²) in [6.07, 6.45) is 0.875. The second kappa shape index (κ2) is 8.80. The third-order valence-electron chi connectivity index (χ3n) is 5.09. The number of nitrogens with one attached hydrogen (secondary N) is 1. The number of carbonyl (C=O) groups is 1. The molecular weight excluding hydrogens is 465 g/mol. The van der Waals surface area contributed by atoms with Gasteiger partial charge in [0.2, 0.25) is 15.9 Å². The number of thiazole rings is 1. The van der Waals surface area contributed by atoms with Gasteiger partial charge in [-0.15, -0.1) is 11.3 Å².